The zero-order valence-electron chi connectivity index (χ0n) is 9.14. The molecule has 0 unspecified atom stereocenters. The molecule has 0 saturated carbocycles. The van der Waals surface area contributed by atoms with Gasteiger partial charge in [-0.05, 0) is 19.1 Å². The molecule has 1 rings (SSSR count). The molecule has 0 radical (unpaired) electrons. The number of halogens is 4. The highest BCUT2D eigenvalue weighted by Gasteiger charge is 2.36. The van der Waals surface area contributed by atoms with Crippen molar-refractivity contribution in [1.29, 1.82) is 5.26 Å². The SMILES string of the molecule is CCOC(=O)c1ccc(C(F)(F)F)c(F)c1C#N. The van der Waals surface area contributed by atoms with Crippen molar-refractivity contribution < 1.29 is 27.1 Å². The number of carbonyl (C=O) groups is 1. The Bertz CT molecular complexity index is 517. The molecule has 0 fully saturated rings. The molecule has 3 nitrogen and oxygen atoms in total. The lowest BCUT2D eigenvalue weighted by molar-refractivity contribution is -0.140. The Hall–Kier alpha value is -2.10. The minimum atomic E-state index is -4.93. The number of rotatable bonds is 2. The maximum atomic E-state index is 13.5. The van der Waals surface area contributed by atoms with E-state index in [0.717, 1.165) is 6.07 Å². The molecule has 0 aliphatic heterocycles. The van der Waals surface area contributed by atoms with Crippen LogP contribution in [-0.4, -0.2) is 12.6 Å². The van der Waals surface area contributed by atoms with Crippen LogP contribution in [0.2, 0.25) is 0 Å². The third-order valence-electron chi connectivity index (χ3n) is 2.05. The van der Waals surface area contributed by atoms with Gasteiger partial charge in [0.1, 0.15) is 11.6 Å². The van der Waals surface area contributed by atoms with Gasteiger partial charge < -0.3 is 4.74 Å². The Balaban J connectivity index is 3.40. The standard InChI is InChI=1S/C11H7F4NO2/c1-2-18-10(17)6-3-4-8(11(13,14)15)9(12)7(6)5-16/h3-4H,2H2,1H3. The predicted octanol–water partition coefficient (Wildman–Crippen LogP) is 2.89. The molecule has 0 saturated heterocycles. The highest BCUT2D eigenvalue weighted by atomic mass is 19.4. The van der Waals surface area contributed by atoms with Gasteiger partial charge in [0.05, 0.1) is 17.7 Å². The minimum Gasteiger partial charge on any atom is -0.462 e. The second-order valence-electron chi connectivity index (χ2n) is 3.18. The fraction of sp³-hybridized carbons (Fsp3) is 0.273. The van der Waals surface area contributed by atoms with Gasteiger partial charge in [-0.2, -0.15) is 18.4 Å². The topological polar surface area (TPSA) is 50.1 Å². The van der Waals surface area contributed by atoms with E-state index in [0.29, 0.717) is 6.07 Å². The van der Waals surface area contributed by atoms with Gasteiger partial charge >= 0.3 is 12.1 Å². The lowest BCUT2D eigenvalue weighted by Gasteiger charge is -2.11. The summed E-state index contributed by atoms with van der Waals surface area (Å²) in [4.78, 5) is 11.3. The molecule has 7 heteroatoms. The molecule has 96 valence electrons. The molecule has 0 bridgehead atoms. The van der Waals surface area contributed by atoms with Crippen LogP contribution in [-0.2, 0) is 10.9 Å². The fourth-order valence-electron chi connectivity index (χ4n) is 1.28. The third kappa shape index (κ3) is 2.59. The highest BCUT2D eigenvalue weighted by Crippen LogP contribution is 2.33. The molecule has 0 spiro atoms. The number of carbonyl (C=O) groups excluding carboxylic acids is 1. The van der Waals surface area contributed by atoms with Crippen molar-refractivity contribution in [2.24, 2.45) is 0 Å². The van der Waals surface area contributed by atoms with Crippen LogP contribution in [0.1, 0.15) is 28.4 Å². The first kappa shape index (κ1) is 14.0. The minimum absolute atomic E-state index is 0.0354. The summed E-state index contributed by atoms with van der Waals surface area (Å²) in [6, 6.07) is 2.37. The molecule has 0 aliphatic rings. The first-order valence-electron chi connectivity index (χ1n) is 4.79. The van der Waals surface area contributed by atoms with E-state index in [2.05, 4.69) is 4.74 Å². The number of hydrogen-bond acceptors (Lipinski definition) is 3. The largest absolute Gasteiger partial charge is 0.462 e. The van der Waals surface area contributed by atoms with Crippen molar-refractivity contribution in [2.45, 2.75) is 13.1 Å². The van der Waals surface area contributed by atoms with E-state index in [1.807, 2.05) is 0 Å². The van der Waals surface area contributed by atoms with Crippen LogP contribution < -0.4 is 0 Å². The van der Waals surface area contributed by atoms with Crippen molar-refractivity contribution >= 4 is 5.97 Å². The van der Waals surface area contributed by atoms with Gasteiger partial charge in [0.25, 0.3) is 0 Å². The Labute approximate surface area is 99.6 Å². The molecular formula is C11H7F4NO2. The van der Waals surface area contributed by atoms with Crippen LogP contribution in [0, 0.1) is 17.1 Å². The van der Waals surface area contributed by atoms with E-state index in [9.17, 15) is 22.4 Å². The highest BCUT2D eigenvalue weighted by molar-refractivity contribution is 5.92. The van der Waals surface area contributed by atoms with Gasteiger partial charge in [-0.1, -0.05) is 0 Å². The summed E-state index contributed by atoms with van der Waals surface area (Å²) in [7, 11) is 0. The van der Waals surface area contributed by atoms with E-state index >= 15 is 0 Å². The van der Waals surface area contributed by atoms with Gasteiger partial charge in [0.15, 0.2) is 5.82 Å². The van der Waals surface area contributed by atoms with Gasteiger partial charge in [-0.15, -0.1) is 0 Å². The molecule has 0 aromatic heterocycles. The summed E-state index contributed by atoms with van der Waals surface area (Å²) in [6.07, 6.45) is -4.93. The van der Waals surface area contributed by atoms with E-state index in [1.54, 1.807) is 0 Å². The van der Waals surface area contributed by atoms with Crippen LogP contribution in [0.25, 0.3) is 0 Å². The van der Waals surface area contributed by atoms with E-state index < -0.39 is 34.7 Å². The maximum Gasteiger partial charge on any atom is 0.419 e. The predicted molar refractivity (Wildman–Crippen MR) is 52.1 cm³/mol. The molecule has 0 N–H and O–H groups in total. The first-order valence-corrected chi connectivity index (χ1v) is 4.79. The average Bonchev–Trinajstić information content (AvgIpc) is 2.27. The second kappa shape index (κ2) is 5.04. The zero-order valence-corrected chi connectivity index (χ0v) is 9.14. The van der Waals surface area contributed by atoms with Crippen LogP contribution in [0.4, 0.5) is 17.6 Å². The maximum absolute atomic E-state index is 13.5. The Morgan fingerprint density at radius 1 is 1.44 bits per heavy atom. The molecule has 18 heavy (non-hydrogen) atoms. The number of benzene rings is 1. The molecule has 1 aromatic rings. The quantitative estimate of drug-likeness (QED) is 0.607. The van der Waals surface area contributed by atoms with E-state index in [-0.39, 0.29) is 6.61 Å². The normalized spacial score (nSPS) is 10.9. The van der Waals surface area contributed by atoms with Gasteiger partial charge in [-0.3, -0.25) is 0 Å². The van der Waals surface area contributed by atoms with Crippen molar-refractivity contribution in [2.75, 3.05) is 6.61 Å². The molecule has 0 aliphatic carbocycles. The lowest BCUT2D eigenvalue weighted by Crippen LogP contribution is -2.14. The lowest BCUT2D eigenvalue weighted by atomic mass is 10.0. The van der Waals surface area contributed by atoms with Crippen LogP contribution in [0.15, 0.2) is 12.1 Å². The van der Waals surface area contributed by atoms with Gasteiger partial charge in [0.2, 0.25) is 0 Å². The number of alkyl halides is 3. The van der Waals surface area contributed by atoms with Crippen LogP contribution in [0.5, 0.6) is 0 Å². The molecular weight excluding hydrogens is 254 g/mol. The summed E-state index contributed by atoms with van der Waals surface area (Å²) in [5.74, 6) is -2.81. The number of nitrogens with zero attached hydrogens (tertiary/aromatic N) is 1. The number of esters is 1. The number of nitriles is 1. The first-order chi connectivity index (χ1) is 8.32. The van der Waals surface area contributed by atoms with E-state index in [1.165, 1.54) is 13.0 Å². The summed E-state index contributed by atoms with van der Waals surface area (Å²) in [5, 5.41) is 8.64. The number of ether oxygens (including phenoxy) is 1. The summed E-state index contributed by atoms with van der Waals surface area (Å²) < 4.78 is 55.1. The second-order valence-corrected chi connectivity index (χ2v) is 3.18. The summed E-state index contributed by atoms with van der Waals surface area (Å²) >= 11 is 0. The van der Waals surface area contributed by atoms with Crippen molar-refractivity contribution in [1.82, 2.24) is 0 Å². The molecule has 1 aromatic carbocycles. The fourth-order valence-corrected chi connectivity index (χ4v) is 1.28. The Morgan fingerprint density at radius 2 is 2.06 bits per heavy atom. The number of hydrogen-bond donors (Lipinski definition) is 0. The van der Waals surface area contributed by atoms with Gasteiger partial charge in [-0.25, -0.2) is 9.18 Å². The van der Waals surface area contributed by atoms with Crippen molar-refractivity contribution in [3.05, 3.63) is 34.6 Å². The van der Waals surface area contributed by atoms with Crippen molar-refractivity contribution in [3.63, 3.8) is 0 Å². The zero-order chi connectivity index (χ0) is 13.9. The molecule has 0 amide bonds. The van der Waals surface area contributed by atoms with E-state index in [4.69, 9.17) is 5.26 Å². The smallest absolute Gasteiger partial charge is 0.419 e. The van der Waals surface area contributed by atoms with Gasteiger partial charge in [0, 0.05) is 0 Å². The monoisotopic (exact) mass is 261 g/mol. The summed E-state index contributed by atoms with van der Waals surface area (Å²) in [6.45, 7) is 1.44. The summed E-state index contributed by atoms with van der Waals surface area (Å²) in [5.41, 5.74) is -3.08. The van der Waals surface area contributed by atoms with Crippen LogP contribution in [0.3, 0.4) is 0 Å². The molecule has 0 atom stereocenters. The van der Waals surface area contributed by atoms with Crippen LogP contribution >= 0.6 is 0 Å². The van der Waals surface area contributed by atoms with Crippen molar-refractivity contribution in [3.8, 4) is 6.07 Å². The average molecular weight is 261 g/mol. The Morgan fingerprint density at radius 3 is 2.50 bits per heavy atom. The third-order valence-corrected chi connectivity index (χ3v) is 2.05. The Kier molecular flexibility index (Phi) is 3.91. The molecule has 0 heterocycles.